The van der Waals surface area contributed by atoms with Crippen molar-refractivity contribution < 1.29 is 4.79 Å². The molecule has 1 aromatic heterocycles. The van der Waals surface area contributed by atoms with Gasteiger partial charge in [0.15, 0.2) is 5.78 Å². The number of rotatable bonds is 2. The van der Waals surface area contributed by atoms with Gasteiger partial charge in [0.2, 0.25) is 11.1 Å². The van der Waals surface area contributed by atoms with E-state index in [4.69, 9.17) is 0 Å². The summed E-state index contributed by atoms with van der Waals surface area (Å²) in [6, 6.07) is 8.02. The summed E-state index contributed by atoms with van der Waals surface area (Å²) < 4.78 is 1.88. The number of aromatic nitrogens is 3. The molecule has 4 rings (SSSR count). The van der Waals surface area contributed by atoms with Gasteiger partial charge >= 0.3 is 0 Å². The Labute approximate surface area is 151 Å². The number of ketones is 1. The molecule has 1 atom stereocenters. The van der Waals surface area contributed by atoms with Crippen LogP contribution in [0.4, 0.5) is 5.95 Å². The molecule has 0 bridgehead atoms. The second kappa shape index (κ2) is 5.73. The summed E-state index contributed by atoms with van der Waals surface area (Å²) in [5.74, 6) is 0.931. The molecule has 0 fully saturated rings. The van der Waals surface area contributed by atoms with E-state index in [-0.39, 0.29) is 17.2 Å². The minimum Gasteiger partial charge on any atom is -0.328 e. The number of nitrogens with zero attached hydrogens (tertiary/aromatic N) is 3. The van der Waals surface area contributed by atoms with E-state index in [1.54, 1.807) is 0 Å². The molecule has 130 valence electrons. The lowest BCUT2D eigenvalue weighted by Crippen LogP contribution is -2.36. The molecule has 0 radical (unpaired) electrons. The van der Waals surface area contributed by atoms with Crippen LogP contribution in [-0.4, -0.2) is 26.8 Å². The lowest BCUT2D eigenvalue weighted by molar-refractivity contribution is -0.118. The van der Waals surface area contributed by atoms with Gasteiger partial charge in [-0.2, -0.15) is 4.98 Å². The average molecular weight is 354 g/mol. The highest BCUT2D eigenvalue weighted by Gasteiger charge is 2.42. The van der Waals surface area contributed by atoms with Gasteiger partial charge in [-0.25, -0.2) is 4.68 Å². The van der Waals surface area contributed by atoms with Gasteiger partial charge in [-0.1, -0.05) is 49.9 Å². The van der Waals surface area contributed by atoms with Crippen LogP contribution in [0.25, 0.3) is 0 Å². The van der Waals surface area contributed by atoms with Gasteiger partial charge in [0.05, 0.1) is 0 Å². The maximum absolute atomic E-state index is 13.1. The number of carbonyl (C=O) groups excluding carboxylic acids is 1. The zero-order chi connectivity index (χ0) is 17.8. The third-order valence-corrected chi connectivity index (χ3v) is 5.52. The molecule has 1 N–H and O–H groups in total. The molecule has 1 unspecified atom stereocenters. The summed E-state index contributed by atoms with van der Waals surface area (Å²) in [6.07, 6.45) is 3.37. The fraction of sp³-hybridized carbons (Fsp3) is 0.421. The van der Waals surface area contributed by atoms with E-state index in [1.807, 2.05) is 23.1 Å². The zero-order valence-electron chi connectivity index (χ0n) is 15.0. The average Bonchev–Trinajstić information content (AvgIpc) is 2.95. The van der Waals surface area contributed by atoms with Crippen LogP contribution in [0.5, 0.6) is 0 Å². The minimum absolute atomic E-state index is 0.0380. The lowest BCUT2D eigenvalue weighted by Gasteiger charge is -2.38. The molecule has 2 heterocycles. The van der Waals surface area contributed by atoms with E-state index in [0.29, 0.717) is 11.6 Å². The van der Waals surface area contributed by atoms with Crippen molar-refractivity contribution in [2.45, 2.75) is 44.8 Å². The second-order valence-corrected chi connectivity index (χ2v) is 8.36. The van der Waals surface area contributed by atoms with Crippen LogP contribution in [0.15, 0.2) is 40.7 Å². The summed E-state index contributed by atoms with van der Waals surface area (Å²) in [4.78, 5) is 17.7. The summed E-state index contributed by atoms with van der Waals surface area (Å²) >= 11 is 1.51. The van der Waals surface area contributed by atoms with Crippen molar-refractivity contribution in [2.24, 2.45) is 5.41 Å². The lowest BCUT2D eigenvalue weighted by atomic mass is 9.73. The normalized spacial score (nSPS) is 21.6. The Balaban J connectivity index is 1.94. The molecule has 0 saturated heterocycles. The van der Waals surface area contributed by atoms with Gasteiger partial charge < -0.3 is 5.32 Å². The molecule has 2 aliphatic rings. The van der Waals surface area contributed by atoms with Gasteiger partial charge in [-0.05, 0) is 36.1 Å². The topological polar surface area (TPSA) is 59.8 Å². The monoisotopic (exact) mass is 354 g/mol. The summed E-state index contributed by atoms with van der Waals surface area (Å²) in [5, 5.41) is 8.76. The number of carbonyl (C=O) groups is 1. The number of Topliss-reactive ketones (excluding diaryl/α,β-unsaturated/α-hetero) is 1. The first-order chi connectivity index (χ1) is 11.9. The highest BCUT2D eigenvalue weighted by atomic mass is 32.2. The molecule has 0 saturated carbocycles. The number of fused-ring (bicyclic) bond motifs is 1. The number of hydrogen-bond acceptors (Lipinski definition) is 5. The van der Waals surface area contributed by atoms with Crippen LogP contribution in [0.3, 0.4) is 0 Å². The first-order valence-corrected chi connectivity index (χ1v) is 9.71. The molecular formula is C19H22N4OS. The van der Waals surface area contributed by atoms with Crippen molar-refractivity contribution in [3.8, 4) is 0 Å². The van der Waals surface area contributed by atoms with Crippen LogP contribution in [0, 0.1) is 12.3 Å². The first-order valence-electron chi connectivity index (χ1n) is 8.49. The fourth-order valence-electron chi connectivity index (χ4n) is 3.86. The smallest absolute Gasteiger partial charge is 0.227 e. The molecule has 1 aliphatic heterocycles. The highest BCUT2D eigenvalue weighted by molar-refractivity contribution is 7.98. The predicted octanol–water partition coefficient (Wildman–Crippen LogP) is 3.97. The molecule has 6 heteroatoms. The number of anilines is 1. The first kappa shape index (κ1) is 16.4. The standard InChI is InChI=1S/C19H22N4OS/c1-11-7-5-6-8-12(11)16-15-13(9-19(2,3)10-14(15)24)20-17-21-18(25-4)22-23(16)17/h5-8,16H,9-10H2,1-4H3,(H,20,21,22). The van der Waals surface area contributed by atoms with Gasteiger partial charge in [0.1, 0.15) is 6.04 Å². The van der Waals surface area contributed by atoms with E-state index in [9.17, 15) is 4.79 Å². The van der Waals surface area contributed by atoms with Crippen LogP contribution >= 0.6 is 11.8 Å². The van der Waals surface area contributed by atoms with E-state index < -0.39 is 0 Å². The molecular weight excluding hydrogens is 332 g/mol. The molecule has 0 spiro atoms. The number of aryl methyl sites for hydroxylation is 1. The maximum atomic E-state index is 13.1. The largest absolute Gasteiger partial charge is 0.328 e. The van der Waals surface area contributed by atoms with E-state index in [1.165, 1.54) is 11.8 Å². The molecule has 0 amide bonds. The van der Waals surface area contributed by atoms with Gasteiger partial charge in [0, 0.05) is 17.7 Å². The zero-order valence-corrected chi connectivity index (χ0v) is 15.8. The van der Waals surface area contributed by atoms with E-state index >= 15 is 0 Å². The Kier molecular flexibility index (Phi) is 3.76. The molecule has 2 aromatic rings. The van der Waals surface area contributed by atoms with Crippen LogP contribution < -0.4 is 5.32 Å². The predicted molar refractivity (Wildman–Crippen MR) is 99.8 cm³/mol. The number of hydrogen-bond donors (Lipinski definition) is 1. The van der Waals surface area contributed by atoms with Gasteiger partial charge in [-0.3, -0.25) is 4.79 Å². The second-order valence-electron chi connectivity index (χ2n) is 7.58. The SMILES string of the molecule is CSc1nc2n(n1)C(c1ccccc1C)C1=C(CC(C)(C)CC1=O)N2. The van der Waals surface area contributed by atoms with E-state index in [0.717, 1.165) is 34.8 Å². The van der Waals surface area contributed by atoms with Crippen molar-refractivity contribution in [1.82, 2.24) is 14.8 Å². The number of benzene rings is 1. The third kappa shape index (κ3) is 2.68. The van der Waals surface area contributed by atoms with Gasteiger partial charge in [-0.15, -0.1) is 5.10 Å². The number of allylic oxidation sites excluding steroid dienone is 2. The van der Waals surface area contributed by atoms with Crippen molar-refractivity contribution in [3.05, 3.63) is 46.7 Å². The van der Waals surface area contributed by atoms with Crippen molar-refractivity contribution in [3.63, 3.8) is 0 Å². The molecule has 5 nitrogen and oxygen atoms in total. The Bertz CT molecular complexity index is 897. The molecule has 1 aliphatic carbocycles. The molecule has 1 aromatic carbocycles. The van der Waals surface area contributed by atoms with Crippen molar-refractivity contribution >= 4 is 23.5 Å². The minimum atomic E-state index is -0.204. The Morgan fingerprint density at radius 2 is 2.04 bits per heavy atom. The van der Waals surface area contributed by atoms with Crippen LogP contribution in [0.1, 0.15) is 43.9 Å². The molecule has 25 heavy (non-hydrogen) atoms. The fourth-order valence-corrected chi connectivity index (χ4v) is 4.20. The third-order valence-electron chi connectivity index (χ3n) is 4.98. The summed E-state index contributed by atoms with van der Waals surface area (Å²) in [7, 11) is 0. The van der Waals surface area contributed by atoms with Crippen LogP contribution in [0.2, 0.25) is 0 Å². The summed E-state index contributed by atoms with van der Waals surface area (Å²) in [6.45, 7) is 6.37. The number of thioether (sulfide) groups is 1. The Morgan fingerprint density at radius 3 is 2.76 bits per heavy atom. The number of nitrogens with one attached hydrogen (secondary N) is 1. The quantitative estimate of drug-likeness (QED) is 0.827. The van der Waals surface area contributed by atoms with Crippen molar-refractivity contribution in [1.29, 1.82) is 0 Å². The Hall–Kier alpha value is -2.08. The van der Waals surface area contributed by atoms with E-state index in [2.05, 4.69) is 48.3 Å². The van der Waals surface area contributed by atoms with Crippen LogP contribution in [-0.2, 0) is 4.79 Å². The highest BCUT2D eigenvalue weighted by Crippen LogP contribution is 2.46. The maximum Gasteiger partial charge on any atom is 0.227 e. The Morgan fingerprint density at radius 1 is 1.28 bits per heavy atom. The van der Waals surface area contributed by atoms with Gasteiger partial charge in [0.25, 0.3) is 0 Å². The summed E-state index contributed by atoms with van der Waals surface area (Å²) in [5.41, 5.74) is 4.08. The van der Waals surface area contributed by atoms with Crippen molar-refractivity contribution in [2.75, 3.05) is 11.6 Å².